The molecule has 1 N–H and O–H groups in total. The first kappa shape index (κ1) is 13.3. The lowest BCUT2D eigenvalue weighted by Crippen LogP contribution is -2.40. The van der Waals surface area contributed by atoms with Crippen molar-refractivity contribution in [2.45, 2.75) is 69.1 Å². The highest BCUT2D eigenvalue weighted by molar-refractivity contribution is 7.92. The normalized spacial score (nSPS) is 37.1. The highest BCUT2D eigenvalue weighted by Gasteiger charge is 2.35. The molecule has 0 aromatic rings. The van der Waals surface area contributed by atoms with Gasteiger partial charge in [-0.2, -0.15) is 0 Å². The first-order valence-corrected chi connectivity index (χ1v) is 8.76. The molecule has 0 saturated carbocycles. The molecule has 0 radical (unpaired) electrons. The Bertz CT molecular complexity index is 344. The van der Waals surface area contributed by atoms with E-state index in [1.807, 2.05) is 0 Å². The van der Waals surface area contributed by atoms with Gasteiger partial charge >= 0.3 is 0 Å². The molecule has 3 nitrogen and oxygen atoms in total. The summed E-state index contributed by atoms with van der Waals surface area (Å²) in [4.78, 5) is 0. The molecule has 0 amide bonds. The second-order valence-electron chi connectivity index (χ2n) is 5.69. The Morgan fingerprint density at radius 2 is 2.12 bits per heavy atom. The van der Waals surface area contributed by atoms with Gasteiger partial charge in [0, 0.05) is 5.54 Å². The molecule has 100 valence electrons. The van der Waals surface area contributed by atoms with Gasteiger partial charge < -0.3 is 5.32 Å². The molecule has 17 heavy (non-hydrogen) atoms. The average Bonchev–Trinajstić information content (AvgIpc) is 2.76. The van der Waals surface area contributed by atoms with Crippen molar-refractivity contribution in [1.29, 1.82) is 0 Å². The SMILES string of the molecule is CCC1(CCC2CCCCS2(=O)=O)CCCN1. The van der Waals surface area contributed by atoms with Crippen LogP contribution >= 0.6 is 0 Å². The summed E-state index contributed by atoms with van der Waals surface area (Å²) in [6.07, 6.45) is 8.34. The average molecular weight is 259 g/mol. The monoisotopic (exact) mass is 259 g/mol. The summed E-state index contributed by atoms with van der Waals surface area (Å²) in [5, 5.41) is 3.54. The van der Waals surface area contributed by atoms with Gasteiger partial charge in [-0.05, 0) is 51.5 Å². The predicted molar refractivity (Wildman–Crippen MR) is 70.9 cm³/mol. The molecule has 2 saturated heterocycles. The predicted octanol–water partition coefficient (Wildman–Crippen LogP) is 2.27. The molecule has 2 heterocycles. The van der Waals surface area contributed by atoms with Crippen molar-refractivity contribution in [3.05, 3.63) is 0 Å². The van der Waals surface area contributed by atoms with Gasteiger partial charge in [-0.15, -0.1) is 0 Å². The minimum absolute atomic E-state index is 0.0536. The van der Waals surface area contributed by atoms with Crippen LogP contribution in [0.5, 0.6) is 0 Å². The molecule has 2 aliphatic rings. The van der Waals surface area contributed by atoms with Gasteiger partial charge in [0.05, 0.1) is 11.0 Å². The second kappa shape index (κ2) is 5.27. The molecular formula is C13H25NO2S. The lowest BCUT2D eigenvalue weighted by atomic mass is 9.87. The maximum Gasteiger partial charge on any atom is 0.153 e. The Hall–Kier alpha value is -0.0900. The number of sulfone groups is 1. The number of nitrogens with one attached hydrogen (secondary N) is 1. The molecule has 2 atom stereocenters. The number of rotatable bonds is 4. The lowest BCUT2D eigenvalue weighted by molar-refractivity contribution is 0.321. The van der Waals surface area contributed by atoms with Crippen LogP contribution in [-0.2, 0) is 9.84 Å². The zero-order chi connectivity index (χ0) is 12.4. The lowest BCUT2D eigenvalue weighted by Gasteiger charge is -2.31. The third kappa shape index (κ3) is 3.02. The van der Waals surface area contributed by atoms with Crippen molar-refractivity contribution < 1.29 is 8.42 Å². The maximum absolute atomic E-state index is 12.0. The van der Waals surface area contributed by atoms with Gasteiger partial charge in [-0.1, -0.05) is 13.3 Å². The van der Waals surface area contributed by atoms with Crippen molar-refractivity contribution >= 4 is 9.84 Å². The summed E-state index contributed by atoms with van der Waals surface area (Å²) < 4.78 is 23.9. The van der Waals surface area contributed by atoms with Crippen LogP contribution in [-0.4, -0.2) is 31.5 Å². The molecule has 2 fully saturated rings. The first-order valence-electron chi connectivity index (χ1n) is 7.05. The van der Waals surface area contributed by atoms with E-state index in [0.29, 0.717) is 5.75 Å². The third-order valence-corrected chi connectivity index (χ3v) is 7.01. The Morgan fingerprint density at radius 3 is 2.71 bits per heavy atom. The van der Waals surface area contributed by atoms with Crippen LogP contribution in [0.3, 0.4) is 0 Å². The number of hydrogen-bond donors (Lipinski definition) is 1. The van der Waals surface area contributed by atoms with Gasteiger partial charge in [0.1, 0.15) is 0 Å². The molecule has 2 rings (SSSR count). The Kier molecular flexibility index (Phi) is 4.14. The Labute approximate surface area is 105 Å². The van der Waals surface area contributed by atoms with Gasteiger partial charge in [0.15, 0.2) is 9.84 Å². The van der Waals surface area contributed by atoms with E-state index in [0.717, 1.165) is 45.1 Å². The molecule has 4 heteroatoms. The minimum atomic E-state index is -2.78. The molecular weight excluding hydrogens is 234 g/mol. The summed E-state index contributed by atoms with van der Waals surface area (Å²) >= 11 is 0. The molecule has 0 aromatic heterocycles. The first-order chi connectivity index (χ1) is 8.08. The van der Waals surface area contributed by atoms with E-state index in [1.54, 1.807) is 0 Å². The number of hydrogen-bond acceptors (Lipinski definition) is 3. The third-order valence-electron chi connectivity index (χ3n) is 4.67. The summed E-state index contributed by atoms with van der Waals surface area (Å²) in [6.45, 7) is 3.32. The molecule has 2 unspecified atom stereocenters. The largest absolute Gasteiger partial charge is 0.311 e. The van der Waals surface area contributed by atoms with Crippen molar-refractivity contribution in [2.75, 3.05) is 12.3 Å². The van der Waals surface area contributed by atoms with Crippen LogP contribution in [0.15, 0.2) is 0 Å². The second-order valence-corrected chi connectivity index (χ2v) is 8.09. The van der Waals surface area contributed by atoms with Crippen LogP contribution in [0.1, 0.15) is 58.3 Å². The Morgan fingerprint density at radius 1 is 1.29 bits per heavy atom. The fraction of sp³-hybridized carbons (Fsp3) is 1.00. The van der Waals surface area contributed by atoms with Gasteiger partial charge in [-0.25, -0.2) is 8.42 Å². The van der Waals surface area contributed by atoms with Crippen LogP contribution in [0, 0.1) is 0 Å². The highest BCUT2D eigenvalue weighted by Crippen LogP contribution is 2.32. The van der Waals surface area contributed by atoms with Crippen molar-refractivity contribution in [1.82, 2.24) is 5.32 Å². The minimum Gasteiger partial charge on any atom is -0.311 e. The van der Waals surface area contributed by atoms with E-state index < -0.39 is 9.84 Å². The van der Waals surface area contributed by atoms with Gasteiger partial charge in [-0.3, -0.25) is 0 Å². The van der Waals surface area contributed by atoms with Crippen LogP contribution in [0.25, 0.3) is 0 Å². The van der Waals surface area contributed by atoms with Crippen molar-refractivity contribution in [2.24, 2.45) is 0 Å². The fourth-order valence-electron chi connectivity index (χ4n) is 3.34. The van der Waals surface area contributed by atoms with E-state index in [9.17, 15) is 8.42 Å². The Balaban J connectivity index is 1.92. The van der Waals surface area contributed by atoms with Crippen LogP contribution in [0.4, 0.5) is 0 Å². The van der Waals surface area contributed by atoms with Crippen LogP contribution in [0.2, 0.25) is 0 Å². The van der Waals surface area contributed by atoms with Crippen molar-refractivity contribution in [3.63, 3.8) is 0 Å². The smallest absolute Gasteiger partial charge is 0.153 e. The molecule has 0 aliphatic carbocycles. The standard InChI is InChI=1S/C13H25NO2S/c1-2-13(8-5-10-14-13)9-7-12-6-3-4-11-17(12,15)16/h12,14H,2-11H2,1H3. The molecule has 0 spiro atoms. The van der Waals surface area contributed by atoms with Crippen molar-refractivity contribution in [3.8, 4) is 0 Å². The quantitative estimate of drug-likeness (QED) is 0.842. The molecule has 0 bridgehead atoms. The van der Waals surface area contributed by atoms with E-state index in [2.05, 4.69) is 12.2 Å². The van der Waals surface area contributed by atoms with E-state index in [1.165, 1.54) is 12.8 Å². The van der Waals surface area contributed by atoms with E-state index in [4.69, 9.17) is 0 Å². The topological polar surface area (TPSA) is 46.2 Å². The summed E-state index contributed by atoms with van der Waals surface area (Å²) in [7, 11) is -2.78. The molecule has 2 aliphatic heterocycles. The summed E-state index contributed by atoms with van der Waals surface area (Å²) in [5.74, 6) is 0.421. The summed E-state index contributed by atoms with van der Waals surface area (Å²) in [6, 6.07) is 0. The van der Waals surface area contributed by atoms with Gasteiger partial charge in [0.25, 0.3) is 0 Å². The summed E-state index contributed by atoms with van der Waals surface area (Å²) in [5.41, 5.74) is 0.243. The molecule has 0 aromatic carbocycles. The van der Waals surface area contributed by atoms with E-state index >= 15 is 0 Å². The highest BCUT2D eigenvalue weighted by atomic mass is 32.2. The maximum atomic E-state index is 12.0. The van der Waals surface area contributed by atoms with Gasteiger partial charge in [0.2, 0.25) is 0 Å². The van der Waals surface area contributed by atoms with Crippen LogP contribution < -0.4 is 5.32 Å². The zero-order valence-corrected chi connectivity index (χ0v) is 11.7. The fourth-order valence-corrected chi connectivity index (χ4v) is 5.29. The zero-order valence-electron chi connectivity index (χ0n) is 10.9. The van der Waals surface area contributed by atoms with E-state index in [-0.39, 0.29) is 10.8 Å².